The van der Waals surface area contributed by atoms with Crippen LogP contribution in [-0.2, 0) is 14.8 Å². The van der Waals surface area contributed by atoms with E-state index in [4.69, 9.17) is 4.42 Å². The largest absolute Gasteiger partial charge is 0.411 e. The van der Waals surface area contributed by atoms with Gasteiger partial charge >= 0.3 is 0 Å². The summed E-state index contributed by atoms with van der Waals surface area (Å²) in [7, 11) is -3.53. The average molecular weight is 424 g/mol. The maximum Gasteiger partial charge on any atom is 0.277 e. The van der Waals surface area contributed by atoms with Gasteiger partial charge in [0.2, 0.25) is 15.9 Å². The number of thioether (sulfide) groups is 1. The van der Waals surface area contributed by atoms with Crippen molar-refractivity contribution in [1.82, 2.24) is 14.5 Å². The molecule has 2 heterocycles. The van der Waals surface area contributed by atoms with Gasteiger partial charge in [0.05, 0.1) is 10.6 Å². The third-order valence-electron chi connectivity index (χ3n) is 4.60. The predicted molar refractivity (Wildman–Crippen MR) is 108 cm³/mol. The molecule has 0 N–H and O–H groups in total. The standard InChI is InChI=1S/C19H25N3O4S2/c1-19(2,3)16(23)13-27-18-21-20-17(26-18)14-8-7-9-15(12-14)28(24,25)22-10-5-4-6-11-22/h7-9,12H,4-6,10-11,13H2,1-3H3. The Hall–Kier alpha value is -1.71. The van der Waals surface area contributed by atoms with Crippen molar-refractivity contribution in [3.63, 3.8) is 0 Å². The first kappa shape index (κ1) is 21.0. The number of hydrogen-bond acceptors (Lipinski definition) is 7. The van der Waals surface area contributed by atoms with Crippen LogP contribution in [0.3, 0.4) is 0 Å². The van der Waals surface area contributed by atoms with Crippen molar-refractivity contribution in [1.29, 1.82) is 0 Å². The number of piperidine rings is 1. The van der Waals surface area contributed by atoms with E-state index in [2.05, 4.69) is 10.2 Å². The van der Waals surface area contributed by atoms with Gasteiger partial charge in [0.25, 0.3) is 5.22 Å². The van der Waals surface area contributed by atoms with Crippen LogP contribution in [0.1, 0.15) is 40.0 Å². The minimum atomic E-state index is -3.53. The van der Waals surface area contributed by atoms with E-state index in [1.165, 1.54) is 16.1 Å². The SMILES string of the molecule is CC(C)(C)C(=O)CSc1nnc(-c2cccc(S(=O)(=O)N3CCCCC3)c2)o1. The number of hydrogen-bond donors (Lipinski definition) is 0. The van der Waals surface area contributed by atoms with Crippen molar-refractivity contribution in [2.75, 3.05) is 18.8 Å². The first-order valence-corrected chi connectivity index (χ1v) is 11.7. The molecule has 3 rings (SSSR count). The third-order valence-corrected chi connectivity index (χ3v) is 7.32. The van der Waals surface area contributed by atoms with Crippen LogP contribution in [-0.4, -0.2) is 47.5 Å². The molecule has 1 aliphatic rings. The lowest BCUT2D eigenvalue weighted by molar-refractivity contribution is -0.123. The lowest BCUT2D eigenvalue weighted by Gasteiger charge is -2.25. The number of benzene rings is 1. The summed E-state index contributed by atoms with van der Waals surface area (Å²) in [6.07, 6.45) is 2.83. The van der Waals surface area contributed by atoms with Crippen molar-refractivity contribution in [3.05, 3.63) is 24.3 Å². The molecule has 0 spiro atoms. The van der Waals surface area contributed by atoms with E-state index in [0.29, 0.717) is 18.7 Å². The number of ketones is 1. The van der Waals surface area contributed by atoms with Crippen LogP contribution >= 0.6 is 11.8 Å². The highest BCUT2D eigenvalue weighted by molar-refractivity contribution is 7.99. The quantitative estimate of drug-likeness (QED) is 0.655. The molecule has 0 unspecified atom stereocenters. The molecule has 1 aromatic heterocycles. The van der Waals surface area contributed by atoms with Crippen molar-refractivity contribution in [3.8, 4) is 11.5 Å². The van der Waals surface area contributed by atoms with E-state index in [1.807, 2.05) is 20.8 Å². The number of nitrogens with zero attached hydrogens (tertiary/aromatic N) is 3. The summed E-state index contributed by atoms with van der Waals surface area (Å²) < 4.78 is 32.9. The minimum absolute atomic E-state index is 0.0897. The Bertz CT molecular complexity index is 942. The van der Waals surface area contributed by atoms with Crippen LogP contribution in [0.2, 0.25) is 0 Å². The molecular weight excluding hydrogens is 398 g/mol. The van der Waals surface area contributed by atoms with E-state index in [-0.39, 0.29) is 27.5 Å². The zero-order valence-corrected chi connectivity index (χ0v) is 18.0. The summed E-state index contributed by atoms with van der Waals surface area (Å²) in [6, 6.07) is 6.55. The average Bonchev–Trinajstić information content (AvgIpc) is 3.15. The van der Waals surface area contributed by atoms with E-state index >= 15 is 0 Å². The Balaban J connectivity index is 1.76. The lowest BCUT2D eigenvalue weighted by atomic mass is 9.92. The number of aromatic nitrogens is 2. The van der Waals surface area contributed by atoms with Gasteiger partial charge in [-0.3, -0.25) is 4.79 Å². The molecule has 0 amide bonds. The maximum atomic E-state index is 12.9. The summed E-state index contributed by atoms with van der Waals surface area (Å²) >= 11 is 1.19. The zero-order chi connectivity index (χ0) is 20.4. The third kappa shape index (κ3) is 4.82. The number of Topliss-reactive ketones (excluding diaryl/α,β-unsaturated/α-hetero) is 1. The molecule has 2 aromatic rings. The lowest BCUT2D eigenvalue weighted by Crippen LogP contribution is -2.35. The molecule has 0 atom stereocenters. The molecule has 1 aliphatic heterocycles. The van der Waals surface area contributed by atoms with Crippen molar-refractivity contribution < 1.29 is 17.6 Å². The molecule has 7 nitrogen and oxygen atoms in total. The van der Waals surface area contributed by atoms with E-state index in [9.17, 15) is 13.2 Å². The molecule has 0 saturated carbocycles. The van der Waals surface area contributed by atoms with E-state index in [0.717, 1.165) is 19.3 Å². The second-order valence-electron chi connectivity index (χ2n) is 7.83. The number of sulfonamides is 1. The van der Waals surface area contributed by atoms with Gasteiger partial charge in [0.1, 0.15) is 5.78 Å². The van der Waals surface area contributed by atoms with Crippen molar-refractivity contribution in [2.45, 2.75) is 50.2 Å². The highest BCUT2D eigenvalue weighted by Gasteiger charge is 2.27. The van der Waals surface area contributed by atoms with Crippen LogP contribution in [0.4, 0.5) is 0 Å². The number of carbonyl (C=O) groups excluding carboxylic acids is 1. The Labute approximate surface area is 170 Å². The Morgan fingerprint density at radius 1 is 1.18 bits per heavy atom. The molecule has 1 aromatic carbocycles. The molecule has 1 fully saturated rings. The van der Waals surface area contributed by atoms with Gasteiger partial charge in [-0.1, -0.05) is 45.0 Å². The molecule has 9 heteroatoms. The maximum absolute atomic E-state index is 12.9. The van der Waals surface area contributed by atoms with Gasteiger partial charge < -0.3 is 4.42 Å². The topological polar surface area (TPSA) is 93.4 Å². The molecule has 152 valence electrons. The summed E-state index contributed by atoms with van der Waals surface area (Å²) in [5.41, 5.74) is 0.118. The fourth-order valence-corrected chi connectivity index (χ4v) is 5.26. The van der Waals surface area contributed by atoms with Crippen LogP contribution < -0.4 is 0 Å². The van der Waals surface area contributed by atoms with Crippen LogP contribution in [0.15, 0.2) is 38.8 Å². The first-order chi connectivity index (χ1) is 13.2. The van der Waals surface area contributed by atoms with Crippen LogP contribution in [0, 0.1) is 5.41 Å². The highest BCUT2D eigenvalue weighted by atomic mass is 32.2. The van der Waals surface area contributed by atoms with Crippen LogP contribution in [0.5, 0.6) is 0 Å². The molecule has 0 aliphatic carbocycles. The van der Waals surface area contributed by atoms with Gasteiger partial charge in [-0.05, 0) is 31.0 Å². The normalized spacial score (nSPS) is 16.2. The monoisotopic (exact) mass is 423 g/mol. The Morgan fingerprint density at radius 3 is 2.57 bits per heavy atom. The van der Waals surface area contributed by atoms with Crippen LogP contribution in [0.25, 0.3) is 11.5 Å². The molecule has 1 saturated heterocycles. The Morgan fingerprint density at radius 2 is 1.89 bits per heavy atom. The molecule has 0 bridgehead atoms. The van der Waals surface area contributed by atoms with Gasteiger partial charge in [0, 0.05) is 24.1 Å². The smallest absolute Gasteiger partial charge is 0.277 e. The van der Waals surface area contributed by atoms with Gasteiger partial charge in [-0.15, -0.1) is 10.2 Å². The van der Waals surface area contributed by atoms with Gasteiger partial charge in [-0.25, -0.2) is 8.42 Å². The summed E-state index contributed by atoms with van der Waals surface area (Å²) in [5.74, 6) is 0.572. The molecule has 28 heavy (non-hydrogen) atoms. The van der Waals surface area contributed by atoms with Crippen molar-refractivity contribution >= 4 is 27.6 Å². The summed E-state index contributed by atoms with van der Waals surface area (Å²) in [5, 5.41) is 8.26. The molecule has 0 radical (unpaired) electrons. The van der Waals surface area contributed by atoms with E-state index in [1.54, 1.807) is 24.3 Å². The zero-order valence-electron chi connectivity index (χ0n) is 16.3. The molecular formula is C19H25N3O4S2. The predicted octanol–water partition coefficient (Wildman–Crippen LogP) is 3.62. The second kappa shape index (κ2) is 8.34. The summed E-state index contributed by atoms with van der Waals surface area (Å²) in [6.45, 7) is 6.70. The number of carbonyl (C=O) groups is 1. The second-order valence-corrected chi connectivity index (χ2v) is 10.7. The Kier molecular flexibility index (Phi) is 6.26. The number of rotatable bonds is 6. The first-order valence-electron chi connectivity index (χ1n) is 9.28. The highest BCUT2D eigenvalue weighted by Crippen LogP contribution is 2.28. The van der Waals surface area contributed by atoms with Crippen molar-refractivity contribution in [2.24, 2.45) is 5.41 Å². The van der Waals surface area contributed by atoms with Gasteiger partial charge in [-0.2, -0.15) is 4.31 Å². The summed E-state index contributed by atoms with van der Waals surface area (Å²) in [4.78, 5) is 12.3. The van der Waals surface area contributed by atoms with E-state index < -0.39 is 15.4 Å². The van der Waals surface area contributed by atoms with Gasteiger partial charge in [0.15, 0.2) is 0 Å². The fourth-order valence-electron chi connectivity index (χ4n) is 2.77. The minimum Gasteiger partial charge on any atom is -0.411 e. The fraction of sp³-hybridized carbons (Fsp3) is 0.526.